The van der Waals surface area contributed by atoms with Gasteiger partial charge in [0.25, 0.3) is 0 Å². The smallest absolute Gasteiger partial charge is 0.236 e. The minimum atomic E-state index is -0.378. The Morgan fingerprint density at radius 3 is 3.00 bits per heavy atom. The van der Waals surface area contributed by atoms with Crippen molar-refractivity contribution in [3.8, 4) is 0 Å². The first-order valence-corrected chi connectivity index (χ1v) is 5.49. The quantitative estimate of drug-likeness (QED) is 0.657. The molecule has 1 aliphatic heterocycles. The Kier molecular flexibility index (Phi) is 3.88. The first-order valence-electron chi connectivity index (χ1n) is 4.34. The lowest BCUT2D eigenvalue weighted by atomic mass is 10.2. The minimum absolute atomic E-state index is 0.0255. The van der Waals surface area contributed by atoms with Crippen LogP contribution in [0.4, 0.5) is 0 Å². The van der Waals surface area contributed by atoms with Crippen molar-refractivity contribution in [1.29, 1.82) is 0 Å². The van der Waals surface area contributed by atoms with E-state index in [-0.39, 0.29) is 11.9 Å². The molecule has 2 unspecified atom stereocenters. The molecule has 0 bridgehead atoms. The molecule has 0 spiro atoms. The van der Waals surface area contributed by atoms with Crippen LogP contribution in [0.15, 0.2) is 0 Å². The van der Waals surface area contributed by atoms with E-state index in [1.54, 1.807) is 6.92 Å². The van der Waals surface area contributed by atoms with Gasteiger partial charge in [-0.1, -0.05) is 0 Å². The molecule has 1 saturated heterocycles. The van der Waals surface area contributed by atoms with E-state index in [2.05, 4.69) is 5.32 Å². The van der Waals surface area contributed by atoms with E-state index in [1.165, 1.54) is 12.2 Å². The fraction of sp³-hybridized carbons (Fsp3) is 0.875. The zero-order valence-electron chi connectivity index (χ0n) is 7.38. The van der Waals surface area contributed by atoms with Crippen molar-refractivity contribution >= 4 is 17.7 Å². The minimum Gasteiger partial charge on any atom is -0.351 e. The van der Waals surface area contributed by atoms with Crippen molar-refractivity contribution in [2.24, 2.45) is 5.73 Å². The highest BCUT2D eigenvalue weighted by molar-refractivity contribution is 7.99. The summed E-state index contributed by atoms with van der Waals surface area (Å²) in [7, 11) is 0. The number of carbonyl (C=O) groups is 1. The monoisotopic (exact) mass is 188 g/mol. The molecule has 0 aliphatic carbocycles. The lowest BCUT2D eigenvalue weighted by Gasteiger charge is -2.23. The largest absolute Gasteiger partial charge is 0.351 e. The summed E-state index contributed by atoms with van der Waals surface area (Å²) in [5, 5.41) is 2.93. The molecule has 0 radical (unpaired) electrons. The molecule has 1 heterocycles. The molecule has 0 aromatic carbocycles. The molecule has 1 amide bonds. The van der Waals surface area contributed by atoms with Crippen LogP contribution in [0, 0.1) is 0 Å². The standard InChI is InChI=1S/C8H16N2OS/c1-6(9)8(11)10-7-3-2-4-12-5-7/h6-7H,2-5,9H2,1H3,(H,10,11). The Hall–Kier alpha value is -0.220. The molecule has 12 heavy (non-hydrogen) atoms. The molecule has 70 valence electrons. The predicted molar refractivity (Wildman–Crippen MR) is 52.1 cm³/mol. The molecule has 1 fully saturated rings. The molecule has 0 saturated carbocycles. The van der Waals surface area contributed by atoms with Gasteiger partial charge in [-0.25, -0.2) is 0 Å². The number of thioether (sulfide) groups is 1. The zero-order chi connectivity index (χ0) is 8.97. The number of nitrogens with one attached hydrogen (secondary N) is 1. The topological polar surface area (TPSA) is 55.1 Å². The van der Waals surface area contributed by atoms with Crippen molar-refractivity contribution in [3.63, 3.8) is 0 Å². The van der Waals surface area contributed by atoms with E-state index in [1.807, 2.05) is 11.8 Å². The van der Waals surface area contributed by atoms with Gasteiger partial charge in [-0.05, 0) is 25.5 Å². The summed E-state index contributed by atoms with van der Waals surface area (Å²) >= 11 is 1.90. The van der Waals surface area contributed by atoms with E-state index in [4.69, 9.17) is 5.73 Å². The number of hydrogen-bond acceptors (Lipinski definition) is 3. The van der Waals surface area contributed by atoms with Gasteiger partial charge in [0.1, 0.15) is 0 Å². The molecule has 4 heteroatoms. The van der Waals surface area contributed by atoms with E-state index in [9.17, 15) is 4.79 Å². The van der Waals surface area contributed by atoms with Crippen molar-refractivity contribution < 1.29 is 4.79 Å². The fourth-order valence-electron chi connectivity index (χ4n) is 1.19. The number of nitrogens with two attached hydrogens (primary N) is 1. The second kappa shape index (κ2) is 4.72. The van der Waals surface area contributed by atoms with Crippen LogP contribution in [0.25, 0.3) is 0 Å². The predicted octanol–water partition coefficient (Wildman–Crippen LogP) is 0.345. The summed E-state index contributed by atoms with van der Waals surface area (Å²) < 4.78 is 0. The Balaban J connectivity index is 2.24. The second-order valence-electron chi connectivity index (χ2n) is 3.21. The zero-order valence-corrected chi connectivity index (χ0v) is 8.19. The maximum atomic E-state index is 11.2. The summed E-state index contributed by atoms with van der Waals surface area (Å²) in [5.74, 6) is 2.24. The Morgan fingerprint density at radius 2 is 2.50 bits per heavy atom. The first-order chi connectivity index (χ1) is 5.70. The molecule has 0 aromatic rings. The van der Waals surface area contributed by atoms with E-state index in [0.29, 0.717) is 6.04 Å². The van der Waals surface area contributed by atoms with Crippen LogP contribution >= 0.6 is 11.8 Å². The van der Waals surface area contributed by atoms with Gasteiger partial charge in [-0.3, -0.25) is 4.79 Å². The van der Waals surface area contributed by atoms with Crippen molar-refractivity contribution in [1.82, 2.24) is 5.32 Å². The van der Waals surface area contributed by atoms with Crippen LogP contribution in [0.5, 0.6) is 0 Å². The molecule has 1 rings (SSSR count). The summed E-state index contributed by atoms with van der Waals surface area (Å²) in [6, 6.07) is -0.0285. The van der Waals surface area contributed by atoms with Crippen LogP contribution in [-0.4, -0.2) is 29.5 Å². The SMILES string of the molecule is CC(N)C(=O)NC1CCCSC1. The van der Waals surface area contributed by atoms with Gasteiger partial charge >= 0.3 is 0 Å². The van der Waals surface area contributed by atoms with Gasteiger partial charge in [-0.15, -0.1) is 0 Å². The summed E-state index contributed by atoms with van der Waals surface area (Å²) in [5.41, 5.74) is 5.43. The van der Waals surface area contributed by atoms with Gasteiger partial charge < -0.3 is 11.1 Å². The lowest BCUT2D eigenvalue weighted by molar-refractivity contribution is -0.122. The molecule has 0 aromatic heterocycles. The van der Waals surface area contributed by atoms with E-state index < -0.39 is 0 Å². The van der Waals surface area contributed by atoms with Crippen LogP contribution in [-0.2, 0) is 4.79 Å². The lowest BCUT2D eigenvalue weighted by Crippen LogP contribution is -2.45. The molecular formula is C8H16N2OS. The Morgan fingerprint density at radius 1 is 1.75 bits per heavy atom. The molecule has 3 N–H and O–H groups in total. The number of carbonyl (C=O) groups excluding carboxylic acids is 1. The Labute approximate surface area is 77.5 Å². The van der Waals surface area contributed by atoms with Crippen LogP contribution < -0.4 is 11.1 Å². The number of hydrogen-bond donors (Lipinski definition) is 2. The van der Waals surface area contributed by atoms with Gasteiger partial charge in [0.15, 0.2) is 0 Å². The van der Waals surface area contributed by atoms with Gasteiger partial charge in [0, 0.05) is 11.8 Å². The molecule has 3 nitrogen and oxygen atoms in total. The van der Waals surface area contributed by atoms with Crippen LogP contribution in [0.3, 0.4) is 0 Å². The summed E-state index contributed by atoms with van der Waals surface area (Å²) in [4.78, 5) is 11.2. The maximum absolute atomic E-state index is 11.2. The van der Waals surface area contributed by atoms with Crippen molar-refractivity contribution in [2.75, 3.05) is 11.5 Å². The summed E-state index contributed by atoms with van der Waals surface area (Å²) in [6.07, 6.45) is 2.31. The first kappa shape index (κ1) is 9.86. The average molecular weight is 188 g/mol. The third-order valence-corrected chi connectivity index (χ3v) is 3.14. The fourth-order valence-corrected chi connectivity index (χ4v) is 2.26. The molecule has 2 atom stereocenters. The number of amides is 1. The second-order valence-corrected chi connectivity index (χ2v) is 4.36. The van der Waals surface area contributed by atoms with Crippen molar-refractivity contribution in [2.45, 2.75) is 31.8 Å². The van der Waals surface area contributed by atoms with E-state index >= 15 is 0 Å². The third-order valence-electron chi connectivity index (χ3n) is 1.92. The highest BCUT2D eigenvalue weighted by Crippen LogP contribution is 2.16. The van der Waals surface area contributed by atoms with Crippen LogP contribution in [0.2, 0.25) is 0 Å². The third kappa shape index (κ3) is 3.03. The van der Waals surface area contributed by atoms with Crippen molar-refractivity contribution in [3.05, 3.63) is 0 Å². The molecule has 1 aliphatic rings. The van der Waals surface area contributed by atoms with E-state index in [0.717, 1.165) is 12.2 Å². The normalized spacial score (nSPS) is 26.3. The van der Waals surface area contributed by atoms with Gasteiger partial charge in [0.05, 0.1) is 6.04 Å². The molecular weight excluding hydrogens is 172 g/mol. The maximum Gasteiger partial charge on any atom is 0.236 e. The Bertz CT molecular complexity index is 155. The highest BCUT2D eigenvalue weighted by Gasteiger charge is 2.17. The number of rotatable bonds is 2. The highest BCUT2D eigenvalue weighted by atomic mass is 32.2. The van der Waals surface area contributed by atoms with Crippen LogP contribution in [0.1, 0.15) is 19.8 Å². The summed E-state index contributed by atoms with van der Waals surface area (Å²) in [6.45, 7) is 1.71. The average Bonchev–Trinajstić information content (AvgIpc) is 2.06. The van der Waals surface area contributed by atoms with Gasteiger partial charge in [0.2, 0.25) is 5.91 Å². The van der Waals surface area contributed by atoms with Gasteiger partial charge in [-0.2, -0.15) is 11.8 Å².